The van der Waals surface area contributed by atoms with Crippen LogP contribution in [0.3, 0.4) is 0 Å². The van der Waals surface area contributed by atoms with E-state index in [4.69, 9.17) is 10.2 Å². The Hall–Kier alpha value is -2.23. The molecule has 2 aromatic rings. The average molecular weight is 286 g/mol. The Bertz CT molecular complexity index is 617. The fourth-order valence-corrected chi connectivity index (χ4v) is 2.26. The number of amides is 1. The summed E-state index contributed by atoms with van der Waals surface area (Å²) in [7, 11) is 0. The summed E-state index contributed by atoms with van der Waals surface area (Å²) >= 11 is 0. The van der Waals surface area contributed by atoms with E-state index in [-0.39, 0.29) is 11.9 Å². The fourth-order valence-electron chi connectivity index (χ4n) is 2.26. The highest BCUT2D eigenvalue weighted by Gasteiger charge is 2.19. The lowest BCUT2D eigenvalue weighted by molar-refractivity contribution is -0.133. The molecule has 4 nitrogen and oxygen atoms in total. The molecule has 2 N–H and O–H groups in total. The third kappa shape index (κ3) is 3.88. The smallest absolute Gasteiger partial charge is 0.227 e. The molecule has 1 aromatic heterocycles. The van der Waals surface area contributed by atoms with E-state index in [9.17, 15) is 4.79 Å². The Morgan fingerprint density at radius 1 is 1.24 bits per heavy atom. The van der Waals surface area contributed by atoms with E-state index in [1.807, 2.05) is 62.1 Å². The molecule has 0 saturated carbocycles. The normalized spacial score (nSPS) is 10.9. The number of furan rings is 1. The minimum atomic E-state index is 0.0527. The van der Waals surface area contributed by atoms with Crippen molar-refractivity contribution in [1.82, 2.24) is 4.90 Å². The number of benzene rings is 1. The Balaban J connectivity index is 2.11. The molecule has 0 fully saturated rings. The van der Waals surface area contributed by atoms with Gasteiger partial charge in [0.2, 0.25) is 5.91 Å². The van der Waals surface area contributed by atoms with Gasteiger partial charge in [-0.3, -0.25) is 4.79 Å². The predicted molar refractivity (Wildman–Crippen MR) is 83.7 cm³/mol. The minimum absolute atomic E-state index is 0.0527. The van der Waals surface area contributed by atoms with Crippen molar-refractivity contribution in [3.8, 4) is 0 Å². The van der Waals surface area contributed by atoms with Crippen LogP contribution in [-0.4, -0.2) is 16.8 Å². The number of anilines is 1. The summed E-state index contributed by atoms with van der Waals surface area (Å²) in [5.74, 6) is 1.71. The summed E-state index contributed by atoms with van der Waals surface area (Å²) in [4.78, 5) is 14.4. The summed E-state index contributed by atoms with van der Waals surface area (Å²) in [6.45, 7) is 6.39. The number of nitrogens with zero attached hydrogens (tertiary/aromatic N) is 1. The molecule has 4 heteroatoms. The number of rotatable bonds is 5. The second-order valence-electron chi connectivity index (χ2n) is 5.50. The van der Waals surface area contributed by atoms with Gasteiger partial charge in [0.15, 0.2) is 0 Å². The molecular weight excluding hydrogens is 264 g/mol. The SMILES string of the molecule is Cc1ccc(CN(C(=O)Cc2ccccc2N)C(C)C)o1. The van der Waals surface area contributed by atoms with E-state index in [0.29, 0.717) is 18.7 Å². The molecule has 0 saturated heterocycles. The first-order valence-electron chi connectivity index (χ1n) is 7.15. The lowest BCUT2D eigenvalue weighted by Crippen LogP contribution is -2.37. The van der Waals surface area contributed by atoms with Crippen LogP contribution in [0.1, 0.15) is 30.9 Å². The molecule has 1 heterocycles. The van der Waals surface area contributed by atoms with Crippen LogP contribution < -0.4 is 5.73 Å². The summed E-state index contributed by atoms with van der Waals surface area (Å²) in [6, 6.07) is 11.4. The molecule has 0 aliphatic carbocycles. The molecule has 0 atom stereocenters. The number of carbonyl (C=O) groups excluding carboxylic acids is 1. The molecule has 1 aromatic carbocycles. The van der Waals surface area contributed by atoms with E-state index in [0.717, 1.165) is 17.1 Å². The highest BCUT2D eigenvalue weighted by molar-refractivity contribution is 5.80. The lowest BCUT2D eigenvalue weighted by Gasteiger charge is -2.26. The third-order valence-electron chi connectivity index (χ3n) is 3.46. The van der Waals surface area contributed by atoms with Gasteiger partial charge in [-0.15, -0.1) is 0 Å². The molecule has 1 amide bonds. The largest absolute Gasteiger partial charge is 0.464 e. The molecule has 0 bridgehead atoms. The van der Waals surface area contributed by atoms with Crippen molar-refractivity contribution in [1.29, 1.82) is 0 Å². The third-order valence-corrected chi connectivity index (χ3v) is 3.46. The first-order valence-corrected chi connectivity index (χ1v) is 7.15. The van der Waals surface area contributed by atoms with Crippen molar-refractivity contribution >= 4 is 11.6 Å². The van der Waals surface area contributed by atoms with Gasteiger partial charge in [-0.1, -0.05) is 18.2 Å². The Kier molecular flexibility index (Phi) is 4.68. The van der Waals surface area contributed by atoms with Gasteiger partial charge < -0.3 is 15.1 Å². The summed E-state index contributed by atoms with van der Waals surface area (Å²) in [5, 5.41) is 0. The second kappa shape index (κ2) is 6.48. The number of nitrogens with two attached hydrogens (primary N) is 1. The molecular formula is C17H22N2O2. The molecule has 0 aliphatic rings. The van der Waals surface area contributed by atoms with Crippen LogP contribution in [0.4, 0.5) is 5.69 Å². The molecule has 112 valence electrons. The number of para-hydroxylation sites is 1. The van der Waals surface area contributed by atoms with Gasteiger partial charge in [0.05, 0.1) is 13.0 Å². The standard InChI is InChI=1S/C17H22N2O2/c1-12(2)19(11-15-9-8-13(3)21-15)17(20)10-14-6-4-5-7-16(14)18/h4-9,12H,10-11,18H2,1-3H3. The van der Waals surface area contributed by atoms with Gasteiger partial charge in [0.25, 0.3) is 0 Å². The minimum Gasteiger partial charge on any atom is -0.464 e. The topological polar surface area (TPSA) is 59.5 Å². The van der Waals surface area contributed by atoms with Crippen molar-refractivity contribution in [2.24, 2.45) is 0 Å². The van der Waals surface area contributed by atoms with Crippen molar-refractivity contribution in [2.45, 2.75) is 39.8 Å². The van der Waals surface area contributed by atoms with E-state index >= 15 is 0 Å². The number of hydrogen-bond donors (Lipinski definition) is 1. The molecule has 21 heavy (non-hydrogen) atoms. The summed E-state index contributed by atoms with van der Waals surface area (Å²) in [6.07, 6.45) is 0.310. The van der Waals surface area contributed by atoms with Crippen molar-refractivity contribution in [3.05, 3.63) is 53.5 Å². The maximum atomic E-state index is 12.5. The number of aryl methyl sites for hydroxylation is 1. The molecule has 0 unspecified atom stereocenters. The van der Waals surface area contributed by atoms with Crippen molar-refractivity contribution in [3.63, 3.8) is 0 Å². The van der Waals surface area contributed by atoms with Gasteiger partial charge in [0, 0.05) is 11.7 Å². The van der Waals surface area contributed by atoms with E-state index in [1.165, 1.54) is 0 Å². The molecule has 0 spiro atoms. The average Bonchev–Trinajstić information content (AvgIpc) is 2.84. The molecule has 0 aliphatic heterocycles. The van der Waals surface area contributed by atoms with Crippen LogP contribution in [0.25, 0.3) is 0 Å². The van der Waals surface area contributed by atoms with Crippen LogP contribution in [0.15, 0.2) is 40.8 Å². The van der Waals surface area contributed by atoms with Crippen molar-refractivity contribution < 1.29 is 9.21 Å². The van der Waals surface area contributed by atoms with E-state index < -0.39 is 0 Å². The van der Waals surface area contributed by atoms with Crippen LogP contribution in [0, 0.1) is 6.92 Å². The fraction of sp³-hybridized carbons (Fsp3) is 0.353. The van der Waals surface area contributed by atoms with Gasteiger partial charge >= 0.3 is 0 Å². The van der Waals surface area contributed by atoms with Crippen molar-refractivity contribution in [2.75, 3.05) is 5.73 Å². The van der Waals surface area contributed by atoms with Crippen LogP contribution in [-0.2, 0) is 17.8 Å². The zero-order valence-corrected chi connectivity index (χ0v) is 12.8. The Labute approximate surface area is 125 Å². The number of carbonyl (C=O) groups is 1. The zero-order valence-electron chi connectivity index (χ0n) is 12.8. The van der Waals surface area contributed by atoms with Crippen LogP contribution in [0.5, 0.6) is 0 Å². The van der Waals surface area contributed by atoms with Gasteiger partial charge in [-0.05, 0) is 44.5 Å². The van der Waals surface area contributed by atoms with E-state index in [1.54, 1.807) is 0 Å². The highest BCUT2D eigenvalue weighted by Crippen LogP contribution is 2.16. The Morgan fingerprint density at radius 3 is 2.52 bits per heavy atom. The zero-order chi connectivity index (χ0) is 15.4. The maximum absolute atomic E-state index is 12.5. The van der Waals surface area contributed by atoms with E-state index in [2.05, 4.69) is 0 Å². The van der Waals surface area contributed by atoms with Crippen LogP contribution in [0.2, 0.25) is 0 Å². The first kappa shape index (κ1) is 15.2. The van der Waals surface area contributed by atoms with Crippen LogP contribution >= 0.6 is 0 Å². The summed E-state index contributed by atoms with van der Waals surface area (Å²) < 4.78 is 5.57. The predicted octanol–water partition coefficient (Wildman–Crippen LogP) is 3.15. The van der Waals surface area contributed by atoms with Gasteiger partial charge in [-0.2, -0.15) is 0 Å². The monoisotopic (exact) mass is 286 g/mol. The lowest BCUT2D eigenvalue weighted by atomic mass is 10.1. The quantitative estimate of drug-likeness (QED) is 0.859. The summed E-state index contributed by atoms with van der Waals surface area (Å²) in [5.41, 5.74) is 7.43. The van der Waals surface area contributed by atoms with Gasteiger partial charge in [-0.25, -0.2) is 0 Å². The number of hydrogen-bond acceptors (Lipinski definition) is 3. The Morgan fingerprint density at radius 2 is 1.95 bits per heavy atom. The highest BCUT2D eigenvalue weighted by atomic mass is 16.3. The second-order valence-corrected chi connectivity index (χ2v) is 5.50. The first-order chi connectivity index (χ1) is 9.97. The number of nitrogen functional groups attached to an aromatic ring is 1. The van der Waals surface area contributed by atoms with Gasteiger partial charge in [0.1, 0.15) is 11.5 Å². The molecule has 0 radical (unpaired) electrons. The maximum Gasteiger partial charge on any atom is 0.227 e. The molecule has 2 rings (SSSR count).